The van der Waals surface area contributed by atoms with E-state index >= 15 is 0 Å². The number of anilines is 1. The SMILES string of the molecule is Cn1cc(CNCC2CCN(c3ncc(C(N)=O)cn3)CC2)c2cc(F)ccc21. The van der Waals surface area contributed by atoms with E-state index in [1.165, 1.54) is 18.5 Å². The predicted octanol–water partition coefficient (Wildman–Crippen LogP) is 2.21. The Bertz CT molecular complexity index is 1010. The number of hydrogen-bond acceptors (Lipinski definition) is 5. The van der Waals surface area contributed by atoms with Gasteiger partial charge >= 0.3 is 0 Å². The number of piperidine rings is 1. The van der Waals surface area contributed by atoms with Gasteiger partial charge in [-0.15, -0.1) is 0 Å². The fourth-order valence-corrected chi connectivity index (χ4v) is 3.95. The average molecular weight is 396 g/mol. The number of fused-ring (bicyclic) bond motifs is 1. The van der Waals surface area contributed by atoms with Gasteiger partial charge < -0.3 is 20.5 Å². The number of nitrogens with one attached hydrogen (secondary N) is 1. The summed E-state index contributed by atoms with van der Waals surface area (Å²) in [5.74, 6) is 0.487. The summed E-state index contributed by atoms with van der Waals surface area (Å²) in [6.45, 7) is 3.39. The predicted molar refractivity (Wildman–Crippen MR) is 110 cm³/mol. The largest absolute Gasteiger partial charge is 0.366 e. The third-order valence-electron chi connectivity index (χ3n) is 5.60. The maximum atomic E-state index is 13.6. The van der Waals surface area contributed by atoms with Crippen LogP contribution in [0.1, 0.15) is 28.8 Å². The summed E-state index contributed by atoms with van der Waals surface area (Å²) in [6.07, 6.45) is 7.10. The monoisotopic (exact) mass is 396 g/mol. The van der Waals surface area contributed by atoms with E-state index < -0.39 is 5.91 Å². The Hall–Kier alpha value is -3.00. The van der Waals surface area contributed by atoms with Gasteiger partial charge in [-0.2, -0.15) is 0 Å². The van der Waals surface area contributed by atoms with E-state index in [1.54, 1.807) is 6.07 Å². The molecule has 1 aromatic carbocycles. The van der Waals surface area contributed by atoms with Crippen molar-refractivity contribution in [3.8, 4) is 0 Å². The minimum Gasteiger partial charge on any atom is -0.366 e. The molecule has 0 bridgehead atoms. The van der Waals surface area contributed by atoms with Gasteiger partial charge in [-0.1, -0.05) is 0 Å². The van der Waals surface area contributed by atoms with Crippen molar-refractivity contribution in [3.63, 3.8) is 0 Å². The van der Waals surface area contributed by atoms with Gasteiger partial charge in [0.1, 0.15) is 5.82 Å². The van der Waals surface area contributed by atoms with Gasteiger partial charge in [-0.05, 0) is 49.1 Å². The first-order valence-electron chi connectivity index (χ1n) is 9.82. The molecule has 3 N–H and O–H groups in total. The van der Waals surface area contributed by atoms with Crippen molar-refractivity contribution in [3.05, 3.63) is 53.7 Å². The third-order valence-corrected chi connectivity index (χ3v) is 5.60. The summed E-state index contributed by atoms with van der Waals surface area (Å²) in [6, 6.07) is 4.93. The number of aryl methyl sites for hydroxylation is 1. The van der Waals surface area contributed by atoms with Crippen LogP contribution < -0.4 is 16.0 Å². The summed E-state index contributed by atoms with van der Waals surface area (Å²) in [7, 11) is 1.98. The van der Waals surface area contributed by atoms with Crippen LogP contribution in [-0.4, -0.2) is 40.1 Å². The Kier molecular flexibility index (Phi) is 5.44. The van der Waals surface area contributed by atoms with E-state index in [1.807, 2.05) is 17.7 Å². The molecule has 1 aliphatic rings. The average Bonchev–Trinajstić information content (AvgIpc) is 3.03. The van der Waals surface area contributed by atoms with E-state index in [-0.39, 0.29) is 5.82 Å². The molecule has 1 amide bonds. The van der Waals surface area contributed by atoms with Crippen molar-refractivity contribution in [1.82, 2.24) is 19.9 Å². The molecule has 29 heavy (non-hydrogen) atoms. The summed E-state index contributed by atoms with van der Waals surface area (Å²) in [5.41, 5.74) is 7.70. The molecule has 4 rings (SSSR count). The number of carbonyl (C=O) groups excluding carboxylic acids is 1. The summed E-state index contributed by atoms with van der Waals surface area (Å²) >= 11 is 0. The molecule has 0 saturated carbocycles. The number of halogens is 1. The Balaban J connectivity index is 1.28. The lowest BCUT2D eigenvalue weighted by Gasteiger charge is -2.32. The molecule has 2 aromatic heterocycles. The third kappa shape index (κ3) is 4.22. The fourth-order valence-electron chi connectivity index (χ4n) is 3.95. The number of primary amides is 1. The first-order chi connectivity index (χ1) is 14.0. The van der Waals surface area contributed by atoms with Crippen molar-refractivity contribution in [2.45, 2.75) is 19.4 Å². The summed E-state index contributed by atoms with van der Waals surface area (Å²) < 4.78 is 15.6. The topological polar surface area (TPSA) is 89.1 Å². The molecule has 0 radical (unpaired) electrons. The second-order valence-electron chi connectivity index (χ2n) is 7.62. The smallest absolute Gasteiger partial charge is 0.251 e. The Morgan fingerprint density at radius 2 is 2.00 bits per heavy atom. The molecular formula is C21H25FN6O. The highest BCUT2D eigenvalue weighted by Gasteiger charge is 2.21. The van der Waals surface area contributed by atoms with Crippen LogP contribution in [-0.2, 0) is 13.6 Å². The van der Waals surface area contributed by atoms with Crippen LogP contribution in [0.15, 0.2) is 36.8 Å². The van der Waals surface area contributed by atoms with Crippen LogP contribution in [0, 0.1) is 11.7 Å². The Labute approximate surface area is 168 Å². The normalized spacial score (nSPS) is 15.2. The minimum absolute atomic E-state index is 0.205. The van der Waals surface area contributed by atoms with Gasteiger partial charge in [0, 0.05) is 56.2 Å². The molecule has 0 aliphatic carbocycles. The van der Waals surface area contributed by atoms with Crippen molar-refractivity contribution >= 4 is 22.8 Å². The molecule has 0 atom stereocenters. The van der Waals surface area contributed by atoms with E-state index in [0.717, 1.165) is 55.5 Å². The number of nitrogens with two attached hydrogens (primary N) is 1. The van der Waals surface area contributed by atoms with Gasteiger partial charge in [0.05, 0.1) is 5.56 Å². The van der Waals surface area contributed by atoms with Crippen LogP contribution in [0.25, 0.3) is 10.9 Å². The van der Waals surface area contributed by atoms with Crippen LogP contribution in [0.5, 0.6) is 0 Å². The highest BCUT2D eigenvalue weighted by Crippen LogP contribution is 2.23. The van der Waals surface area contributed by atoms with E-state index in [0.29, 0.717) is 17.4 Å². The number of rotatable bonds is 6. The van der Waals surface area contributed by atoms with Crippen LogP contribution >= 0.6 is 0 Å². The number of hydrogen-bond donors (Lipinski definition) is 2. The van der Waals surface area contributed by atoms with Crippen molar-refractivity contribution in [2.75, 3.05) is 24.5 Å². The molecule has 1 saturated heterocycles. The summed E-state index contributed by atoms with van der Waals surface area (Å²) in [5, 5.41) is 4.50. The second kappa shape index (κ2) is 8.16. The van der Waals surface area contributed by atoms with E-state index in [9.17, 15) is 9.18 Å². The Morgan fingerprint density at radius 3 is 2.69 bits per heavy atom. The number of benzene rings is 1. The first kappa shape index (κ1) is 19.3. The minimum atomic E-state index is -0.518. The standard InChI is InChI=1S/C21H25FN6O/c1-27-13-16(18-8-17(22)2-3-19(18)27)10-24-9-14-4-6-28(7-5-14)21-25-11-15(12-26-21)20(23)29/h2-3,8,11-14,24H,4-7,9-10H2,1H3,(H2,23,29). The molecule has 8 heteroatoms. The maximum Gasteiger partial charge on any atom is 0.251 e. The van der Waals surface area contributed by atoms with Gasteiger partial charge in [-0.3, -0.25) is 4.79 Å². The fraction of sp³-hybridized carbons (Fsp3) is 0.381. The Morgan fingerprint density at radius 1 is 1.28 bits per heavy atom. The maximum absolute atomic E-state index is 13.6. The van der Waals surface area contributed by atoms with E-state index in [2.05, 4.69) is 26.4 Å². The van der Waals surface area contributed by atoms with Gasteiger partial charge in [0.15, 0.2) is 0 Å². The van der Waals surface area contributed by atoms with E-state index in [4.69, 9.17) is 5.73 Å². The van der Waals surface area contributed by atoms with Gasteiger partial charge in [-0.25, -0.2) is 14.4 Å². The summed E-state index contributed by atoms with van der Waals surface area (Å²) in [4.78, 5) is 21.8. The molecule has 3 aromatic rings. The number of aromatic nitrogens is 3. The lowest BCUT2D eigenvalue weighted by atomic mass is 9.97. The molecule has 1 aliphatic heterocycles. The molecule has 0 spiro atoms. The molecule has 1 fully saturated rings. The zero-order valence-corrected chi connectivity index (χ0v) is 16.4. The molecule has 0 unspecified atom stereocenters. The van der Waals surface area contributed by atoms with Crippen LogP contribution in [0.2, 0.25) is 0 Å². The zero-order chi connectivity index (χ0) is 20.4. The van der Waals surface area contributed by atoms with Gasteiger partial charge in [0.25, 0.3) is 5.91 Å². The van der Waals surface area contributed by atoms with Crippen LogP contribution in [0.3, 0.4) is 0 Å². The number of amides is 1. The quantitative estimate of drug-likeness (QED) is 0.667. The molecular weight excluding hydrogens is 371 g/mol. The molecule has 152 valence electrons. The lowest BCUT2D eigenvalue weighted by Crippen LogP contribution is -2.38. The van der Waals surface area contributed by atoms with Crippen LogP contribution in [0.4, 0.5) is 10.3 Å². The zero-order valence-electron chi connectivity index (χ0n) is 16.4. The second-order valence-corrected chi connectivity index (χ2v) is 7.62. The molecule has 7 nitrogen and oxygen atoms in total. The first-order valence-corrected chi connectivity index (χ1v) is 9.82. The van der Waals surface area contributed by atoms with Crippen molar-refractivity contribution in [1.29, 1.82) is 0 Å². The highest BCUT2D eigenvalue weighted by molar-refractivity contribution is 5.92. The number of nitrogens with zero attached hydrogens (tertiary/aromatic N) is 4. The van der Waals surface area contributed by atoms with Gasteiger partial charge in [0.2, 0.25) is 5.95 Å². The lowest BCUT2D eigenvalue weighted by molar-refractivity contribution is 0.0999. The number of carbonyl (C=O) groups is 1. The molecule has 3 heterocycles. The van der Waals surface area contributed by atoms with Crippen molar-refractivity contribution in [2.24, 2.45) is 18.7 Å². The highest BCUT2D eigenvalue weighted by atomic mass is 19.1. The van der Waals surface area contributed by atoms with Crippen molar-refractivity contribution < 1.29 is 9.18 Å².